The van der Waals surface area contributed by atoms with Gasteiger partial charge < -0.3 is 15.1 Å². The quantitative estimate of drug-likeness (QED) is 0.791. The van der Waals surface area contributed by atoms with Gasteiger partial charge in [-0.2, -0.15) is 0 Å². The molecule has 144 valence electrons. The van der Waals surface area contributed by atoms with Gasteiger partial charge in [0.1, 0.15) is 5.82 Å². The molecular weight excluding hydrogens is 388 g/mol. The van der Waals surface area contributed by atoms with Crippen LogP contribution in [0.25, 0.3) is 0 Å². The molecule has 4 nitrogen and oxygen atoms in total. The van der Waals surface area contributed by atoms with E-state index in [1.807, 2.05) is 12.1 Å². The monoisotopic (exact) mass is 409 g/mol. The molecule has 3 rings (SSSR count). The predicted octanol–water partition coefficient (Wildman–Crippen LogP) is 4.46. The summed E-state index contributed by atoms with van der Waals surface area (Å²) in [6, 6.07) is 9.84. The van der Waals surface area contributed by atoms with Crippen molar-refractivity contribution in [2.75, 3.05) is 42.9 Å². The van der Waals surface area contributed by atoms with Crippen LogP contribution in [0.15, 0.2) is 36.4 Å². The molecule has 1 saturated heterocycles. The maximum Gasteiger partial charge on any atom is 0.229 e. The van der Waals surface area contributed by atoms with Gasteiger partial charge in [0.15, 0.2) is 0 Å². The van der Waals surface area contributed by atoms with E-state index < -0.39 is 5.82 Å². The van der Waals surface area contributed by atoms with Gasteiger partial charge in [-0.25, -0.2) is 4.39 Å². The molecule has 1 heterocycles. The highest BCUT2D eigenvalue weighted by molar-refractivity contribution is 6.32. The summed E-state index contributed by atoms with van der Waals surface area (Å²) in [7, 11) is 0. The highest BCUT2D eigenvalue weighted by atomic mass is 35.5. The Morgan fingerprint density at radius 3 is 2.56 bits per heavy atom. The standard InChI is InChI=1S/C20H22Cl2FN3O/c1-2-25-8-10-26(11-9-25)19-7-6-14(21)12-18(19)24-20(27)13-15-16(22)4-3-5-17(15)23/h3-7,12H,2,8-11,13H2,1H3,(H,24,27). The van der Waals surface area contributed by atoms with E-state index in [9.17, 15) is 9.18 Å². The van der Waals surface area contributed by atoms with Crippen LogP contribution in [0, 0.1) is 5.82 Å². The number of rotatable bonds is 5. The van der Waals surface area contributed by atoms with Crippen LogP contribution in [-0.2, 0) is 11.2 Å². The first-order chi connectivity index (χ1) is 13.0. The fourth-order valence-electron chi connectivity index (χ4n) is 3.25. The molecule has 0 unspecified atom stereocenters. The lowest BCUT2D eigenvalue weighted by molar-refractivity contribution is -0.115. The van der Waals surface area contributed by atoms with Crippen molar-refractivity contribution in [3.63, 3.8) is 0 Å². The molecule has 0 aromatic heterocycles. The molecule has 2 aromatic rings. The van der Waals surface area contributed by atoms with Crippen LogP contribution in [0.4, 0.5) is 15.8 Å². The highest BCUT2D eigenvalue weighted by Crippen LogP contribution is 2.30. The molecule has 7 heteroatoms. The highest BCUT2D eigenvalue weighted by Gasteiger charge is 2.20. The third-order valence-electron chi connectivity index (χ3n) is 4.79. The first kappa shape index (κ1) is 19.9. The summed E-state index contributed by atoms with van der Waals surface area (Å²) < 4.78 is 14.0. The molecular formula is C20H22Cl2FN3O. The summed E-state index contributed by atoms with van der Waals surface area (Å²) >= 11 is 12.2. The third kappa shape index (κ3) is 4.92. The zero-order chi connectivity index (χ0) is 19.4. The molecule has 0 aliphatic carbocycles. The van der Waals surface area contributed by atoms with Gasteiger partial charge >= 0.3 is 0 Å². The fraction of sp³-hybridized carbons (Fsp3) is 0.350. The number of piperazine rings is 1. The number of anilines is 2. The summed E-state index contributed by atoms with van der Waals surface area (Å²) in [6.45, 7) is 6.86. The minimum Gasteiger partial charge on any atom is -0.367 e. The number of amides is 1. The smallest absolute Gasteiger partial charge is 0.229 e. The van der Waals surface area contributed by atoms with Crippen molar-refractivity contribution in [1.82, 2.24) is 4.90 Å². The fourth-order valence-corrected chi connectivity index (χ4v) is 3.65. The van der Waals surface area contributed by atoms with E-state index in [0.717, 1.165) is 38.4 Å². The van der Waals surface area contributed by atoms with Crippen LogP contribution >= 0.6 is 23.2 Å². The second-order valence-corrected chi connectivity index (χ2v) is 7.35. The molecule has 2 aromatic carbocycles. The van der Waals surface area contributed by atoms with Crippen LogP contribution in [0.2, 0.25) is 10.0 Å². The maximum absolute atomic E-state index is 14.0. The van der Waals surface area contributed by atoms with Gasteiger partial charge in [-0.15, -0.1) is 0 Å². The molecule has 27 heavy (non-hydrogen) atoms. The largest absolute Gasteiger partial charge is 0.367 e. The van der Waals surface area contributed by atoms with Crippen LogP contribution in [-0.4, -0.2) is 43.5 Å². The van der Waals surface area contributed by atoms with E-state index in [1.165, 1.54) is 12.1 Å². The van der Waals surface area contributed by atoms with E-state index in [0.29, 0.717) is 10.7 Å². The Hall–Kier alpha value is -1.82. The molecule has 1 N–H and O–H groups in total. The van der Waals surface area contributed by atoms with Gasteiger partial charge in [0.2, 0.25) is 5.91 Å². The number of hydrogen-bond donors (Lipinski definition) is 1. The number of carbonyl (C=O) groups excluding carboxylic acids is 1. The van der Waals surface area contributed by atoms with E-state index in [4.69, 9.17) is 23.2 Å². The van der Waals surface area contributed by atoms with Crippen molar-refractivity contribution >= 4 is 40.5 Å². The molecule has 1 fully saturated rings. The Balaban J connectivity index is 1.76. The summed E-state index contributed by atoms with van der Waals surface area (Å²) in [5.74, 6) is -0.822. The van der Waals surface area contributed by atoms with Crippen LogP contribution < -0.4 is 10.2 Å². The third-order valence-corrected chi connectivity index (χ3v) is 5.38. The molecule has 0 radical (unpaired) electrons. The van der Waals surface area contributed by atoms with Crippen molar-refractivity contribution in [2.45, 2.75) is 13.3 Å². The molecule has 0 atom stereocenters. The molecule has 0 saturated carbocycles. The van der Waals surface area contributed by atoms with Gasteiger partial charge in [0.05, 0.1) is 17.8 Å². The van der Waals surface area contributed by atoms with Crippen LogP contribution in [0.5, 0.6) is 0 Å². The van der Waals surface area contributed by atoms with Crippen molar-refractivity contribution in [3.8, 4) is 0 Å². The minimum atomic E-state index is -0.486. The second-order valence-electron chi connectivity index (χ2n) is 6.51. The zero-order valence-corrected chi connectivity index (χ0v) is 16.7. The number of carbonyl (C=O) groups is 1. The Morgan fingerprint density at radius 1 is 1.15 bits per heavy atom. The summed E-state index contributed by atoms with van der Waals surface area (Å²) in [5.41, 5.74) is 1.74. The number of hydrogen-bond acceptors (Lipinski definition) is 3. The van der Waals surface area contributed by atoms with Crippen molar-refractivity contribution in [2.24, 2.45) is 0 Å². The second kappa shape index (κ2) is 8.91. The van der Waals surface area contributed by atoms with Crippen molar-refractivity contribution in [3.05, 3.63) is 57.8 Å². The Bertz CT molecular complexity index is 803. The SMILES string of the molecule is CCN1CCN(c2ccc(Cl)cc2NC(=O)Cc2c(F)cccc2Cl)CC1. The summed E-state index contributed by atoms with van der Waals surface area (Å²) in [5, 5.41) is 3.65. The van der Waals surface area contributed by atoms with Crippen molar-refractivity contribution < 1.29 is 9.18 Å². The minimum absolute atomic E-state index is 0.138. The lowest BCUT2D eigenvalue weighted by atomic mass is 10.1. The van der Waals surface area contributed by atoms with Gasteiger partial charge in [-0.05, 0) is 36.9 Å². The first-order valence-electron chi connectivity index (χ1n) is 8.97. The normalized spacial score (nSPS) is 15.0. The number of likely N-dealkylation sites (N-methyl/N-ethyl adjacent to an activating group) is 1. The number of nitrogens with zero attached hydrogens (tertiary/aromatic N) is 2. The van der Waals surface area contributed by atoms with E-state index in [1.54, 1.807) is 12.1 Å². The Morgan fingerprint density at radius 2 is 1.89 bits per heavy atom. The zero-order valence-electron chi connectivity index (χ0n) is 15.1. The molecule has 0 bridgehead atoms. The topological polar surface area (TPSA) is 35.6 Å². The lowest BCUT2D eigenvalue weighted by Gasteiger charge is -2.36. The predicted molar refractivity (Wildman–Crippen MR) is 110 cm³/mol. The van der Waals surface area contributed by atoms with Gasteiger partial charge in [-0.3, -0.25) is 4.79 Å². The lowest BCUT2D eigenvalue weighted by Crippen LogP contribution is -2.46. The summed E-state index contributed by atoms with van der Waals surface area (Å²) in [4.78, 5) is 17.1. The average molecular weight is 410 g/mol. The van der Waals surface area contributed by atoms with E-state index >= 15 is 0 Å². The van der Waals surface area contributed by atoms with Gasteiger partial charge in [0.25, 0.3) is 0 Å². The Kier molecular flexibility index (Phi) is 6.58. The van der Waals surface area contributed by atoms with Crippen LogP contribution in [0.3, 0.4) is 0 Å². The maximum atomic E-state index is 14.0. The summed E-state index contributed by atoms with van der Waals surface area (Å²) in [6.07, 6.45) is -0.138. The van der Waals surface area contributed by atoms with E-state index in [2.05, 4.69) is 22.0 Å². The molecule has 1 amide bonds. The molecule has 1 aliphatic rings. The van der Waals surface area contributed by atoms with E-state index in [-0.39, 0.29) is 22.9 Å². The average Bonchev–Trinajstić information content (AvgIpc) is 2.65. The number of benzene rings is 2. The van der Waals surface area contributed by atoms with Gasteiger partial charge in [-0.1, -0.05) is 36.2 Å². The number of nitrogens with one attached hydrogen (secondary N) is 1. The molecule has 1 aliphatic heterocycles. The first-order valence-corrected chi connectivity index (χ1v) is 9.73. The number of halogens is 3. The Labute approximate surface area is 168 Å². The van der Waals surface area contributed by atoms with Crippen molar-refractivity contribution in [1.29, 1.82) is 0 Å². The molecule has 0 spiro atoms. The van der Waals surface area contributed by atoms with Crippen LogP contribution in [0.1, 0.15) is 12.5 Å². The van der Waals surface area contributed by atoms with Gasteiger partial charge in [0, 0.05) is 41.8 Å².